The van der Waals surface area contributed by atoms with Crippen molar-refractivity contribution < 1.29 is 4.42 Å². The van der Waals surface area contributed by atoms with Crippen LogP contribution < -0.4 is 0 Å². The zero-order chi connectivity index (χ0) is 26.5. The van der Waals surface area contributed by atoms with Crippen LogP contribution in [0.15, 0.2) is 144 Å². The maximum Gasteiger partial charge on any atom is 0.227 e. The Morgan fingerprint density at radius 3 is 1.85 bits per heavy atom. The van der Waals surface area contributed by atoms with Gasteiger partial charge in [0, 0.05) is 31.3 Å². The highest BCUT2D eigenvalue weighted by atomic mass is 32.1. The summed E-state index contributed by atoms with van der Waals surface area (Å²) in [5.74, 6) is 0.645. The fraction of sp³-hybridized carbons (Fsp3) is 0. The van der Waals surface area contributed by atoms with Crippen LogP contribution in [0.5, 0.6) is 0 Å². The zero-order valence-corrected chi connectivity index (χ0v) is 22.4. The summed E-state index contributed by atoms with van der Waals surface area (Å²) in [6.07, 6.45) is 0. The van der Waals surface area contributed by atoms with Crippen LogP contribution in [0.3, 0.4) is 0 Å². The lowest BCUT2D eigenvalue weighted by atomic mass is 9.95. The molecule has 0 saturated heterocycles. The van der Waals surface area contributed by atoms with E-state index in [1.165, 1.54) is 53.6 Å². The van der Waals surface area contributed by atoms with E-state index in [-0.39, 0.29) is 0 Å². The Balaban J connectivity index is 1.31. The van der Waals surface area contributed by atoms with Gasteiger partial charge in [0.1, 0.15) is 5.52 Å². The first-order valence-corrected chi connectivity index (χ1v) is 14.2. The number of nitrogens with zero attached hydrogens (tertiary/aromatic N) is 1. The summed E-state index contributed by atoms with van der Waals surface area (Å²) in [5.41, 5.74) is 9.97. The van der Waals surface area contributed by atoms with Gasteiger partial charge in [0.05, 0.1) is 0 Å². The molecule has 0 aliphatic heterocycles. The fourth-order valence-corrected chi connectivity index (χ4v) is 6.69. The van der Waals surface area contributed by atoms with Gasteiger partial charge in [-0.3, -0.25) is 0 Å². The van der Waals surface area contributed by atoms with Crippen molar-refractivity contribution in [1.82, 2.24) is 4.98 Å². The van der Waals surface area contributed by atoms with Gasteiger partial charge in [-0.05, 0) is 76.3 Å². The van der Waals surface area contributed by atoms with Gasteiger partial charge in [0.15, 0.2) is 5.58 Å². The Bertz CT molecular complexity index is 2110. The van der Waals surface area contributed by atoms with Crippen LogP contribution in [0.1, 0.15) is 0 Å². The molecular formula is C37H23NOS. The number of aromatic nitrogens is 1. The number of hydrogen-bond donors (Lipinski definition) is 0. The van der Waals surface area contributed by atoms with E-state index in [0.29, 0.717) is 5.89 Å². The van der Waals surface area contributed by atoms with Gasteiger partial charge in [-0.2, -0.15) is 0 Å². The molecule has 6 aromatic carbocycles. The van der Waals surface area contributed by atoms with Gasteiger partial charge in [-0.1, -0.05) is 91.0 Å². The van der Waals surface area contributed by atoms with Gasteiger partial charge >= 0.3 is 0 Å². The number of thiophene rings is 1. The SMILES string of the molecule is c1ccc(-c2ccc3sc4c(-c5ccc(-c6nc7ccccc7o6)cc5)cc(-c5ccccc5)cc4c3c2)cc1. The van der Waals surface area contributed by atoms with Crippen molar-refractivity contribution in [3.63, 3.8) is 0 Å². The van der Waals surface area contributed by atoms with Crippen molar-refractivity contribution >= 4 is 42.6 Å². The Hall–Kier alpha value is -4.99. The third kappa shape index (κ3) is 3.91. The lowest BCUT2D eigenvalue weighted by Crippen LogP contribution is -1.84. The molecule has 0 atom stereocenters. The fourth-order valence-electron chi connectivity index (χ4n) is 5.49. The minimum absolute atomic E-state index is 0.645. The van der Waals surface area contributed by atoms with Gasteiger partial charge in [-0.15, -0.1) is 11.3 Å². The maximum absolute atomic E-state index is 6.03. The Labute approximate surface area is 235 Å². The number of oxazole rings is 1. The van der Waals surface area contributed by atoms with Gasteiger partial charge < -0.3 is 4.42 Å². The summed E-state index contributed by atoms with van der Waals surface area (Å²) in [5, 5.41) is 2.58. The van der Waals surface area contributed by atoms with Crippen LogP contribution in [0.2, 0.25) is 0 Å². The molecular weight excluding hydrogens is 506 g/mol. The molecule has 8 aromatic rings. The van der Waals surface area contributed by atoms with Crippen LogP contribution in [0.4, 0.5) is 0 Å². The van der Waals surface area contributed by atoms with E-state index < -0.39 is 0 Å². The van der Waals surface area contributed by atoms with Crippen molar-refractivity contribution in [3.8, 4) is 44.8 Å². The predicted molar refractivity (Wildman–Crippen MR) is 169 cm³/mol. The standard InChI is InChI=1S/C37H23NOS/c1-3-9-24(10-4-1)28-19-20-35-31(21-28)32-23-29(25-11-5-2-6-12-25)22-30(36(32)40-35)26-15-17-27(18-16-26)37-38-33-13-7-8-14-34(33)39-37/h1-23H. The summed E-state index contributed by atoms with van der Waals surface area (Å²) < 4.78 is 8.62. The monoisotopic (exact) mass is 529 g/mol. The van der Waals surface area contributed by atoms with E-state index in [2.05, 4.69) is 120 Å². The lowest BCUT2D eigenvalue weighted by molar-refractivity contribution is 0.620. The number of fused-ring (bicyclic) bond motifs is 4. The number of rotatable bonds is 4. The molecule has 0 amide bonds. The molecule has 2 aromatic heterocycles. The molecule has 2 nitrogen and oxygen atoms in total. The Kier molecular flexibility index (Phi) is 5.35. The Morgan fingerprint density at radius 1 is 0.475 bits per heavy atom. The molecule has 0 fully saturated rings. The maximum atomic E-state index is 6.03. The molecule has 0 saturated carbocycles. The largest absolute Gasteiger partial charge is 0.436 e. The second kappa shape index (κ2) is 9.33. The summed E-state index contributed by atoms with van der Waals surface area (Å²) in [7, 11) is 0. The van der Waals surface area contributed by atoms with E-state index in [0.717, 1.165) is 16.7 Å². The van der Waals surface area contributed by atoms with Crippen LogP contribution in [-0.4, -0.2) is 4.98 Å². The van der Waals surface area contributed by atoms with Crippen LogP contribution in [0, 0.1) is 0 Å². The van der Waals surface area contributed by atoms with E-state index in [1.54, 1.807) is 0 Å². The molecule has 188 valence electrons. The smallest absolute Gasteiger partial charge is 0.227 e. The molecule has 0 aliphatic rings. The van der Waals surface area contributed by atoms with Crippen LogP contribution >= 0.6 is 11.3 Å². The molecule has 8 rings (SSSR count). The van der Waals surface area contributed by atoms with Crippen molar-refractivity contribution in [2.45, 2.75) is 0 Å². The van der Waals surface area contributed by atoms with Crippen LogP contribution in [0.25, 0.3) is 76.1 Å². The highest BCUT2D eigenvalue weighted by Gasteiger charge is 2.15. The zero-order valence-electron chi connectivity index (χ0n) is 21.5. The van der Waals surface area contributed by atoms with Crippen molar-refractivity contribution in [2.24, 2.45) is 0 Å². The highest BCUT2D eigenvalue weighted by Crippen LogP contribution is 2.44. The number of hydrogen-bond acceptors (Lipinski definition) is 3. The third-order valence-corrected chi connectivity index (χ3v) is 8.74. The van der Waals surface area contributed by atoms with Gasteiger partial charge in [0.25, 0.3) is 0 Å². The van der Waals surface area contributed by atoms with E-state index >= 15 is 0 Å². The normalized spacial score (nSPS) is 11.5. The summed E-state index contributed by atoms with van der Waals surface area (Å²) in [6.45, 7) is 0. The highest BCUT2D eigenvalue weighted by molar-refractivity contribution is 7.26. The number of para-hydroxylation sites is 2. The molecule has 0 spiro atoms. The average Bonchev–Trinajstić information content (AvgIpc) is 3.63. The molecule has 0 radical (unpaired) electrons. The second-order valence-electron chi connectivity index (χ2n) is 10.0. The summed E-state index contributed by atoms with van der Waals surface area (Å²) >= 11 is 1.86. The molecule has 40 heavy (non-hydrogen) atoms. The lowest BCUT2D eigenvalue weighted by Gasteiger charge is -2.10. The second-order valence-corrected chi connectivity index (χ2v) is 11.1. The van der Waals surface area contributed by atoms with Gasteiger partial charge in [0.2, 0.25) is 5.89 Å². The van der Waals surface area contributed by atoms with Crippen molar-refractivity contribution in [1.29, 1.82) is 0 Å². The predicted octanol–water partition coefficient (Wildman–Crippen LogP) is 10.9. The quantitative estimate of drug-likeness (QED) is 0.227. The van der Waals surface area contributed by atoms with Crippen LogP contribution in [-0.2, 0) is 0 Å². The summed E-state index contributed by atoms with van der Waals surface area (Å²) in [4.78, 5) is 4.69. The Morgan fingerprint density at radius 2 is 1.10 bits per heavy atom. The first-order chi connectivity index (χ1) is 19.8. The minimum atomic E-state index is 0.645. The first kappa shape index (κ1) is 22.9. The van der Waals surface area contributed by atoms with Crippen molar-refractivity contribution in [3.05, 3.63) is 140 Å². The van der Waals surface area contributed by atoms with E-state index in [4.69, 9.17) is 4.42 Å². The van der Waals surface area contributed by atoms with Gasteiger partial charge in [-0.25, -0.2) is 4.98 Å². The molecule has 3 heteroatoms. The minimum Gasteiger partial charge on any atom is -0.436 e. The molecule has 0 unspecified atom stereocenters. The summed E-state index contributed by atoms with van der Waals surface area (Å²) in [6, 6.07) is 49.3. The van der Waals surface area contributed by atoms with E-state index in [9.17, 15) is 0 Å². The topological polar surface area (TPSA) is 26.0 Å². The van der Waals surface area contributed by atoms with E-state index in [1.807, 2.05) is 35.6 Å². The first-order valence-electron chi connectivity index (χ1n) is 13.4. The average molecular weight is 530 g/mol. The molecule has 0 bridgehead atoms. The third-order valence-electron chi connectivity index (χ3n) is 7.52. The van der Waals surface area contributed by atoms with Crippen molar-refractivity contribution in [2.75, 3.05) is 0 Å². The molecule has 2 heterocycles. The molecule has 0 N–H and O–H groups in total. The molecule has 0 aliphatic carbocycles. The number of benzene rings is 6.